The van der Waals surface area contributed by atoms with Crippen molar-refractivity contribution in [3.8, 4) is 28.4 Å². The highest BCUT2D eigenvalue weighted by atomic mass is 32.2. The van der Waals surface area contributed by atoms with Crippen LogP contribution in [0.3, 0.4) is 0 Å². The summed E-state index contributed by atoms with van der Waals surface area (Å²) in [7, 11) is -4.42. The molecule has 0 aliphatic heterocycles. The van der Waals surface area contributed by atoms with Gasteiger partial charge in [0.25, 0.3) is 15.8 Å². The molecule has 0 saturated carbocycles. The lowest BCUT2D eigenvalue weighted by Crippen LogP contribution is -2.33. The highest BCUT2D eigenvalue weighted by Gasteiger charge is 2.25. The second-order valence-corrected chi connectivity index (χ2v) is 6.49. The molecule has 0 fully saturated rings. The minimum absolute atomic E-state index is 0.0480. The van der Waals surface area contributed by atoms with Crippen molar-refractivity contribution in [2.75, 3.05) is 0 Å². The fourth-order valence-electron chi connectivity index (χ4n) is 2.48. The summed E-state index contributed by atoms with van der Waals surface area (Å²) in [5.41, 5.74) is 0.964. The minimum Gasteiger partial charge on any atom is -0.508 e. The number of nitrogens with zero attached hydrogens (tertiary/aromatic N) is 1. The summed E-state index contributed by atoms with van der Waals surface area (Å²) in [5.74, 6) is -0.136. The summed E-state index contributed by atoms with van der Waals surface area (Å²) in [6, 6.07) is 15.1. The molecule has 3 rings (SSSR count). The fourth-order valence-corrected chi connectivity index (χ4v) is 3.18. The summed E-state index contributed by atoms with van der Waals surface area (Å²) in [5, 5.41) is 19.8. The molecule has 0 aliphatic carbocycles. The van der Waals surface area contributed by atoms with Crippen LogP contribution < -0.4 is 4.57 Å². The normalized spacial score (nSPS) is 11.4. The van der Waals surface area contributed by atoms with Crippen LogP contribution in [0.5, 0.6) is 11.5 Å². The molecule has 0 amide bonds. The van der Waals surface area contributed by atoms with Crippen LogP contribution in [-0.2, 0) is 10.1 Å². The van der Waals surface area contributed by atoms with E-state index in [-0.39, 0.29) is 27.6 Å². The van der Waals surface area contributed by atoms with E-state index in [1.165, 1.54) is 34.9 Å². The van der Waals surface area contributed by atoms with Crippen LogP contribution in [0.2, 0.25) is 0 Å². The zero-order chi connectivity index (χ0) is 17.3. The molecule has 6 nitrogen and oxygen atoms in total. The Labute approximate surface area is 138 Å². The second-order valence-electron chi connectivity index (χ2n) is 5.10. The third-order valence-corrected chi connectivity index (χ3v) is 4.43. The van der Waals surface area contributed by atoms with E-state index >= 15 is 0 Å². The van der Waals surface area contributed by atoms with Crippen molar-refractivity contribution in [1.82, 2.24) is 0 Å². The fraction of sp³-hybridized carbons (Fsp3) is 0. The van der Waals surface area contributed by atoms with Crippen molar-refractivity contribution < 1.29 is 27.8 Å². The van der Waals surface area contributed by atoms with E-state index < -0.39 is 10.1 Å². The summed E-state index contributed by atoms with van der Waals surface area (Å²) < 4.78 is 34.3. The average molecular weight is 344 g/mol. The Hall–Kier alpha value is -2.90. The van der Waals surface area contributed by atoms with Gasteiger partial charge in [-0.2, -0.15) is 13.0 Å². The molecule has 1 aromatic heterocycles. The first-order valence-corrected chi connectivity index (χ1v) is 8.42. The van der Waals surface area contributed by atoms with Gasteiger partial charge in [-0.05, 0) is 30.3 Å². The van der Waals surface area contributed by atoms with E-state index in [1.807, 2.05) is 0 Å². The molecule has 3 N–H and O–H groups in total. The third-order valence-electron chi connectivity index (χ3n) is 3.52. The Bertz CT molecular complexity index is 1010. The Morgan fingerprint density at radius 1 is 0.875 bits per heavy atom. The number of pyridine rings is 1. The number of phenolic OH excluding ortho intramolecular Hbond substituents is 2. The van der Waals surface area contributed by atoms with Crippen molar-refractivity contribution in [3.63, 3.8) is 0 Å². The van der Waals surface area contributed by atoms with Gasteiger partial charge in [-0.1, -0.05) is 12.1 Å². The number of rotatable bonds is 3. The molecule has 0 bridgehead atoms. The molecular formula is C17H14NO5S+. The molecule has 122 valence electrons. The Kier molecular flexibility index (Phi) is 3.96. The minimum atomic E-state index is -4.42. The van der Waals surface area contributed by atoms with E-state index in [4.69, 9.17) is 0 Å². The summed E-state index contributed by atoms with van der Waals surface area (Å²) in [6.45, 7) is 0. The maximum atomic E-state index is 11.7. The lowest BCUT2D eigenvalue weighted by atomic mass is 10.1. The lowest BCUT2D eigenvalue weighted by Gasteiger charge is -2.08. The van der Waals surface area contributed by atoms with Crippen LogP contribution in [0.15, 0.2) is 71.8 Å². The van der Waals surface area contributed by atoms with Gasteiger partial charge in [-0.15, -0.1) is 0 Å². The number of aromatic hydroxyl groups is 2. The summed E-state index contributed by atoms with van der Waals surface area (Å²) in [6.07, 6.45) is 1.62. The van der Waals surface area contributed by atoms with Gasteiger partial charge in [0.15, 0.2) is 11.9 Å². The number of phenols is 2. The average Bonchev–Trinajstić information content (AvgIpc) is 2.56. The topological polar surface area (TPSA) is 98.7 Å². The molecule has 0 aliphatic rings. The van der Waals surface area contributed by atoms with Crippen molar-refractivity contribution >= 4 is 10.1 Å². The van der Waals surface area contributed by atoms with Gasteiger partial charge in [-0.25, -0.2) is 0 Å². The van der Waals surface area contributed by atoms with Crippen molar-refractivity contribution in [2.24, 2.45) is 0 Å². The molecule has 0 saturated heterocycles. The van der Waals surface area contributed by atoms with Crippen LogP contribution in [0.25, 0.3) is 16.9 Å². The van der Waals surface area contributed by atoms with Gasteiger partial charge in [0.05, 0.1) is 11.6 Å². The van der Waals surface area contributed by atoms with Crippen LogP contribution in [0.4, 0.5) is 0 Å². The molecule has 0 spiro atoms. The van der Waals surface area contributed by atoms with Gasteiger partial charge >= 0.3 is 0 Å². The number of hydrogen-bond acceptors (Lipinski definition) is 4. The maximum absolute atomic E-state index is 11.7. The van der Waals surface area contributed by atoms with Crippen molar-refractivity contribution in [3.05, 3.63) is 66.9 Å². The number of aromatic nitrogens is 1. The Morgan fingerprint density at radius 3 is 2.33 bits per heavy atom. The Balaban J connectivity index is 2.32. The third kappa shape index (κ3) is 2.94. The molecule has 1 heterocycles. The maximum Gasteiger partial charge on any atom is 0.295 e. The molecule has 0 radical (unpaired) electrons. The number of hydrogen-bond donors (Lipinski definition) is 3. The SMILES string of the molecule is O=S(=O)(O)c1ccccc1-c1cccc[n+]1-c1cc(O)ccc1O. The van der Waals surface area contributed by atoms with Crippen LogP contribution in [-0.4, -0.2) is 23.2 Å². The Morgan fingerprint density at radius 2 is 1.58 bits per heavy atom. The van der Waals surface area contributed by atoms with Gasteiger partial charge in [0, 0.05) is 12.1 Å². The predicted molar refractivity (Wildman–Crippen MR) is 86.6 cm³/mol. The second kappa shape index (κ2) is 5.95. The molecule has 3 aromatic rings. The highest BCUT2D eigenvalue weighted by molar-refractivity contribution is 7.86. The summed E-state index contributed by atoms with van der Waals surface area (Å²) in [4.78, 5) is -0.246. The molecule has 24 heavy (non-hydrogen) atoms. The molecule has 0 atom stereocenters. The van der Waals surface area contributed by atoms with Gasteiger partial charge in [-0.3, -0.25) is 4.55 Å². The molecular weight excluding hydrogens is 330 g/mol. The van der Waals surface area contributed by atoms with Crippen LogP contribution in [0.1, 0.15) is 0 Å². The number of benzene rings is 2. The first-order chi connectivity index (χ1) is 11.4. The van der Waals surface area contributed by atoms with E-state index in [2.05, 4.69) is 0 Å². The quantitative estimate of drug-likeness (QED) is 0.385. The predicted octanol–water partition coefficient (Wildman–Crippen LogP) is 2.29. The monoisotopic (exact) mass is 344 g/mol. The first kappa shape index (κ1) is 16.0. The van der Waals surface area contributed by atoms with Crippen molar-refractivity contribution in [2.45, 2.75) is 4.90 Å². The smallest absolute Gasteiger partial charge is 0.295 e. The van der Waals surface area contributed by atoms with E-state index in [0.717, 1.165) is 0 Å². The first-order valence-electron chi connectivity index (χ1n) is 6.98. The van der Waals surface area contributed by atoms with E-state index in [1.54, 1.807) is 36.5 Å². The molecule has 0 unspecified atom stereocenters. The standard InChI is InChI=1S/C17H13NO5S/c19-12-8-9-16(20)15(11-12)18-10-4-3-6-14(18)13-5-1-2-7-17(13)24(21,22)23/h1-11H,(H2-,19,20,21,22,23)/p+1. The largest absolute Gasteiger partial charge is 0.508 e. The molecule has 7 heteroatoms. The van der Waals surface area contributed by atoms with E-state index in [0.29, 0.717) is 5.69 Å². The van der Waals surface area contributed by atoms with Crippen LogP contribution >= 0.6 is 0 Å². The highest BCUT2D eigenvalue weighted by Crippen LogP contribution is 2.28. The van der Waals surface area contributed by atoms with Crippen LogP contribution in [0, 0.1) is 0 Å². The van der Waals surface area contributed by atoms with Gasteiger partial charge in [0.1, 0.15) is 10.6 Å². The van der Waals surface area contributed by atoms with Crippen molar-refractivity contribution in [1.29, 1.82) is 0 Å². The zero-order valence-electron chi connectivity index (χ0n) is 12.4. The lowest BCUT2D eigenvalue weighted by molar-refractivity contribution is -0.584. The van der Waals surface area contributed by atoms with E-state index in [9.17, 15) is 23.2 Å². The zero-order valence-corrected chi connectivity index (χ0v) is 13.2. The summed E-state index contributed by atoms with van der Waals surface area (Å²) >= 11 is 0. The van der Waals surface area contributed by atoms with Gasteiger partial charge in [0.2, 0.25) is 5.69 Å². The van der Waals surface area contributed by atoms with Gasteiger partial charge < -0.3 is 10.2 Å². The molecule has 2 aromatic carbocycles.